The Morgan fingerprint density at radius 1 is 0.491 bits per heavy atom. The highest BCUT2D eigenvalue weighted by molar-refractivity contribution is 14.1. The third kappa shape index (κ3) is 25.9. The lowest BCUT2D eigenvalue weighted by Gasteiger charge is -2.33. The molecule has 26 heteroatoms. The average Bonchev–Trinajstić information content (AvgIpc) is 1.18. The van der Waals surface area contributed by atoms with E-state index in [4.69, 9.17) is 12.8 Å². The van der Waals surface area contributed by atoms with E-state index >= 15 is 0 Å². The van der Waals surface area contributed by atoms with Crippen molar-refractivity contribution >= 4 is 75.1 Å². The number of piperazine rings is 3. The molecule has 3 saturated heterocycles. The number of halogens is 11. The van der Waals surface area contributed by atoms with Crippen LogP contribution < -0.4 is 0 Å². The van der Waals surface area contributed by atoms with E-state index in [0.29, 0.717) is 62.4 Å². The molecule has 7 heterocycles. The van der Waals surface area contributed by atoms with Crippen molar-refractivity contribution in [1.82, 2.24) is 53.4 Å². The Labute approximate surface area is 684 Å². The number of hydrogen-bond acceptors (Lipinski definition) is 12. The number of fused-ring (bicyclic) bond motifs is 2. The van der Waals surface area contributed by atoms with Crippen molar-refractivity contribution < 1.29 is 53.9 Å². The zero-order chi connectivity index (χ0) is 82.8. The lowest BCUT2D eigenvalue weighted by Crippen LogP contribution is -2.44. The Morgan fingerprint density at radius 3 is 1.41 bits per heavy atom. The second-order valence-electron chi connectivity index (χ2n) is 29.8. The first-order valence-corrected chi connectivity index (χ1v) is 42.5. The smallest absolute Gasteiger partial charge is 0.304 e. The van der Waals surface area contributed by atoms with Gasteiger partial charge in [0.2, 0.25) is 0 Å². The Bertz CT molecular complexity index is 5180. The molecule has 0 saturated carbocycles. The lowest BCUT2D eigenvalue weighted by atomic mass is 9.96. The molecule has 0 atom stereocenters. The Morgan fingerprint density at radius 2 is 0.930 bits per heavy atom. The van der Waals surface area contributed by atoms with Gasteiger partial charge < -0.3 is 14.7 Å². The van der Waals surface area contributed by atoms with Crippen LogP contribution in [0.5, 0.6) is 0 Å². The number of ketones is 3. The predicted molar refractivity (Wildman–Crippen MR) is 445 cm³/mol. The van der Waals surface area contributed by atoms with Crippen molar-refractivity contribution in [3.8, 4) is 36.2 Å². The number of benzene rings is 6. The highest BCUT2D eigenvalue weighted by atomic mass is 127. The summed E-state index contributed by atoms with van der Waals surface area (Å²) in [4.78, 5) is 59.4. The number of terminal acetylenes is 2. The maximum absolute atomic E-state index is 14.0. The van der Waals surface area contributed by atoms with Gasteiger partial charge in [0.05, 0.1) is 34.6 Å². The fourth-order valence-corrected chi connectivity index (χ4v) is 13.6. The van der Waals surface area contributed by atoms with Crippen LogP contribution in [0.1, 0.15) is 115 Å². The van der Waals surface area contributed by atoms with Crippen LogP contribution in [-0.4, -0.2) is 178 Å². The number of alkyl halides is 9. The molecule has 0 N–H and O–H groups in total. The van der Waals surface area contributed by atoms with E-state index in [1.54, 1.807) is 89.7 Å². The summed E-state index contributed by atoms with van der Waals surface area (Å²) in [6.07, 6.45) is 3.67. The van der Waals surface area contributed by atoms with Crippen LogP contribution in [0.15, 0.2) is 169 Å². The number of likely N-dealkylation sites (N-methyl/N-ethyl adjacent to an activating group) is 3. The first-order valence-electron chi connectivity index (χ1n) is 37.1. The van der Waals surface area contributed by atoms with Crippen molar-refractivity contribution in [2.24, 2.45) is 0 Å². The molecule has 0 aliphatic carbocycles. The first-order chi connectivity index (χ1) is 53.9. The molecule has 0 amide bonds. The van der Waals surface area contributed by atoms with E-state index in [1.165, 1.54) is 24.3 Å². The van der Waals surface area contributed by atoms with Crippen LogP contribution in [0.4, 0.5) is 39.5 Å². The summed E-state index contributed by atoms with van der Waals surface area (Å²) in [6.45, 7) is 22.8. The standard InChI is InChI=1S/C30H28F3N5O.C24H25F3N2O.C22H24F3IN2O.C7H5BrN2.C5H10Si/c1-21-5-7-24(18-23(21)9-10-26-19-34-29-4-3-11-35-38(26)29)28(39)17-22-6-8-25(27(16-22)30(31,32)33)20-37-14-12-36(2)13-15-37;1-4-19-15-20(7-5-17(19)2)23(30)14-18-6-8-21(22(13-18)24(25,26)27)16-29-11-9-28(3)10-12-29;1-15-3-5-18(12-20(15)26)21(29)13-17-6-4-16(11-19(17)22(23,24)25)14-28-9-7-27(2)8-10-28;8-7-9-5-6-3-1-2-4-10(6)7;1-5-6(2,3)4/h3-8,11,16,18-19H,12-15,17,20H2,1-2H3;1,5-8,13,15H,9-12,14,16H2,2-3H3;3-6,11-12H,7-10,13-14H2,1-2H3;1-5H;1H,2-4H3. The van der Waals surface area contributed by atoms with Gasteiger partial charge in [-0.3, -0.25) is 33.5 Å². The Hall–Kier alpha value is -9.12. The van der Waals surface area contributed by atoms with Gasteiger partial charge in [-0.2, -0.15) is 44.6 Å². The molecule has 10 aromatic rings. The number of hydrogen-bond donors (Lipinski definition) is 0. The largest absolute Gasteiger partial charge is 0.416 e. The van der Waals surface area contributed by atoms with E-state index in [9.17, 15) is 53.9 Å². The minimum Gasteiger partial charge on any atom is -0.304 e. The van der Waals surface area contributed by atoms with Crippen LogP contribution in [0.25, 0.3) is 11.2 Å². The van der Waals surface area contributed by atoms with Gasteiger partial charge in [0.1, 0.15) is 13.8 Å². The molecule has 6 aromatic carbocycles. The molecule has 3 aliphatic heterocycles. The molecule has 4 aromatic heterocycles. The Balaban J connectivity index is 0.000000179. The predicted octanol–water partition coefficient (Wildman–Crippen LogP) is 17.2. The molecular formula is C88H92BrF9IN11O3Si. The molecule has 0 bridgehead atoms. The molecular weight excluding hydrogens is 1660 g/mol. The maximum Gasteiger partial charge on any atom is 0.416 e. The highest BCUT2D eigenvalue weighted by Gasteiger charge is 2.37. The number of rotatable bonds is 15. The topological polar surface area (TPSA) is 118 Å². The van der Waals surface area contributed by atoms with Gasteiger partial charge in [0, 0.05) is 161 Å². The number of carbonyl (C=O) groups excluding carboxylic acids is 3. The molecule has 0 unspecified atom stereocenters. The number of aryl methyl sites for hydroxylation is 3. The third-order valence-electron chi connectivity index (χ3n) is 19.7. The number of nitrogens with zero attached hydrogens (tertiary/aromatic N) is 11. The molecule has 598 valence electrons. The zero-order valence-electron chi connectivity index (χ0n) is 65.3. The molecule has 13 rings (SSSR count). The molecule has 14 nitrogen and oxygen atoms in total. The number of aromatic nitrogens is 5. The van der Waals surface area contributed by atoms with E-state index in [2.05, 4.69) is 116 Å². The van der Waals surface area contributed by atoms with Crippen molar-refractivity contribution in [3.05, 3.63) is 273 Å². The summed E-state index contributed by atoms with van der Waals surface area (Å²) >= 11 is 5.44. The molecule has 114 heavy (non-hydrogen) atoms. The first kappa shape index (κ1) is 88.8. The van der Waals surface area contributed by atoms with Gasteiger partial charge in [-0.25, -0.2) is 14.5 Å². The fourth-order valence-electron chi connectivity index (χ4n) is 12.6. The minimum absolute atomic E-state index is 0.0280. The van der Waals surface area contributed by atoms with Gasteiger partial charge in [0.15, 0.2) is 27.7 Å². The lowest BCUT2D eigenvalue weighted by molar-refractivity contribution is -0.139. The van der Waals surface area contributed by atoms with Crippen molar-refractivity contribution in [2.45, 2.75) is 97.8 Å². The molecule has 3 aliphatic rings. The van der Waals surface area contributed by atoms with Crippen LogP contribution in [0.3, 0.4) is 0 Å². The SMILES string of the molecule is Brc1ncc2ccccn12.C#C[Si](C)(C)C.C#Cc1cc(C(=O)Cc2ccc(CN3CCN(C)CC3)c(C(F)(F)F)c2)ccc1C.Cc1ccc(C(=O)Cc2ccc(CN3CCN(C)CC3)c(C(F)(F)F)c2)cc1C#Cc1cnc2cccnn12.Cc1ccc(C(=O)Cc2ccc(CN3CCN(C)CC3)cc2C(F)(F)F)cc1I. The summed E-state index contributed by atoms with van der Waals surface area (Å²) < 4.78 is 129. The zero-order valence-corrected chi connectivity index (χ0v) is 70.0. The second-order valence-corrected chi connectivity index (χ2v) is 36.4. The van der Waals surface area contributed by atoms with Gasteiger partial charge in [0.25, 0.3) is 0 Å². The van der Waals surface area contributed by atoms with Crippen LogP contribution in [-0.2, 0) is 57.4 Å². The number of pyridine rings is 1. The van der Waals surface area contributed by atoms with E-state index in [-0.39, 0.29) is 66.4 Å². The number of carbonyl (C=O) groups is 3. The fraction of sp³-hybridized carbons (Fsp3) is 0.341. The summed E-state index contributed by atoms with van der Waals surface area (Å²) in [5.41, 5.74) is 10.2. The molecule has 3 fully saturated rings. The van der Waals surface area contributed by atoms with Gasteiger partial charge in [-0.05, 0) is 197 Å². The van der Waals surface area contributed by atoms with Gasteiger partial charge in [-0.15, -0.1) is 18.4 Å². The van der Waals surface area contributed by atoms with Crippen molar-refractivity contribution in [3.63, 3.8) is 0 Å². The van der Waals surface area contributed by atoms with E-state index in [1.807, 2.05) is 98.8 Å². The summed E-state index contributed by atoms with van der Waals surface area (Å²) in [5, 5.41) is 4.25. The summed E-state index contributed by atoms with van der Waals surface area (Å²) in [6, 6.07) is 37.9. The monoisotopic (exact) mass is 1760 g/mol. The summed E-state index contributed by atoms with van der Waals surface area (Å²) in [7, 11) is 4.95. The van der Waals surface area contributed by atoms with E-state index < -0.39 is 43.3 Å². The van der Waals surface area contributed by atoms with Gasteiger partial charge >= 0.3 is 18.5 Å². The minimum atomic E-state index is -4.50. The Kier molecular flexibility index (Phi) is 31.1. The van der Waals surface area contributed by atoms with Crippen molar-refractivity contribution in [1.29, 1.82) is 0 Å². The second kappa shape index (κ2) is 40.0. The normalized spacial score (nSPS) is 14.8. The van der Waals surface area contributed by atoms with Crippen LogP contribution in [0.2, 0.25) is 19.6 Å². The molecule has 0 spiro atoms. The highest BCUT2D eigenvalue weighted by Crippen LogP contribution is 2.37. The van der Waals surface area contributed by atoms with Gasteiger partial charge in [-0.1, -0.05) is 110 Å². The number of Topliss-reactive ketones (excluding diaryl/α,β-unsaturated/α-hetero) is 3. The molecule has 0 radical (unpaired) electrons. The number of imidazole rings is 2. The summed E-state index contributed by atoms with van der Waals surface area (Å²) in [5.74, 6) is 7.83. The van der Waals surface area contributed by atoms with E-state index in [0.717, 1.165) is 121 Å². The average molecular weight is 1760 g/mol. The van der Waals surface area contributed by atoms with Crippen molar-refractivity contribution in [2.75, 3.05) is 99.7 Å². The van der Waals surface area contributed by atoms with Crippen LogP contribution >= 0.6 is 38.5 Å². The van der Waals surface area contributed by atoms with Crippen LogP contribution in [0, 0.1) is 60.5 Å². The third-order valence-corrected chi connectivity index (χ3v) is 22.3. The quantitative estimate of drug-likeness (QED) is 0.0320. The maximum atomic E-state index is 14.0.